The Balaban J connectivity index is 1.66. The molecule has 3 N–H and O–H groups in total. The quantitative estimate of drug-likeness (QED) is 0.431. The van der Waals surface area contributed by atoms with Crippen molar-refractivity contribution >= 4 is 22.5 Å². The van der Waals surface area contributed by atoms with Crippen LogP contribution in [0.4, 0.5) is 24.8 Å². The number of nitrogen functional groups attached to an aromatic ring is 1. The van der Waals surface area contributed by atoms with Crippen molar-refractivity contribution in [3.63, 3.8) is 0 Å². The second-order valence-corrected chi connectivity index (χ2v) is 10.1. The number of halogens is 3. The molecule has 2 atom stereocenters. The molecule has 1 aliphatic rings. The highest BCUT2D eigenvalue weighted by atomic mass is 19.4. The van der Waals surface area contributed by atoms with E-state index in [1.165, 1.54) is 0 Å². The fraction of sp³-hybridized carbons (Fsp3) is 0.500. The van der Waals surface area contributed by atoms with Crippen LogP contribution in [0.5, 0.6) is 11.5 Å². The predicted octanol–water partition coefficient (Wildman–Crippen LogP) is 5.37. The molecule has 11 heteroatoms. The summed E-state index contributed by atoms with van der Waals surface area (Å²) in [6.07, 6.45) is -2.42. The lowest BCUT2D eigenvalue weighted by atomic mass is 10.0. The molecule has 0 spiro atoms. The van der Waals surface area contributed by atoms with Crippen LogP contribution in [0.15, 0.2) is 24.3 Å². The number of anilines is 2. The Morgan fingerprint density at radius 1 is 1.16 bits per heavy atom. The van der Waals surface area contributed by atoms with Gasteiger partial charge in [-0.05, 0) is 65.8 Å². The van der Waals surface area contributed by atoms with Gasteiger partial charge in [0.15, 0.2) is 11.5 Å². The predicted molar refractivity (Wildman–Crippen MR) is 137 cm³/mol. The molecule has 1 fully saturated rings. The number of nitrogens with zero attached hydrogens (tertiary/aromatic N) is 4. The molecular formula is C26H33F3N6O2. The van der Waals surface area contributed by atoms with Gasteiger partial charge in [0.05, 0.1) is 29.9 Å². The first-order valence-electron chi connectivity index (χ1n) is 12.1. The first-order valence-corrected chi connectivity index (χ1v) is 12.1. The third-order valence-electron chi connectivity index (χ3n) is 7.11. The minimum Gasteiger partial charge on any atom is -0.493 e. The summed E-state index contributed by atoms with van der Waals surface area (Å²) in [4.78, 5) is 15.5. The van der Waals surface area contributed by atoms with Crippen molar-refractivity contribution < 1.29 is 22.6 Å². The maximum absolute atomic E-state index is 13.3. The summed E-state index contributed by atoms with van der Waals surface area (Å²) >= 11 is 0. The molecule has 3 heterocycles. The molecule has 4 rings (SSSR count). The Morgan fingerprint density at radius 3 is 2.51 bits per heavy atom. The van der Waals surface area contributed by atoms with Crippen molar-refractivity contribution in [3.8, 4) is 11.5 Å². The van der Waals surface area contributed by atoms with Crippen LogP contribution in [0.25, 0.3) is 10.9 Å². The summed E-state index contributed by atoms with van der Waals surface area (Å²) in [5.74, 6) is 1.81. The number of ether oxygens (including phenoxy) is 2. The van der Waals surface area contributed by atoms with Crippen LogP contribution in [-0.2, 0) is 6.18 Å². The Morgan fingerprint density at radius 2 is 1.89 bits per heavy atom. The van der Waals surface area contributed by atoms with Crippen LogP contribution in [0.1, 0.15) is 56.7 Å². The van der Waals surface area contributed by atoms with Gasteiger partial charge in [-0.1, -0.05) is 0 Å². The number of aryl methyl sites for hydroxylation is 1. The summed E-state index contributed by atoms with van der Waals surface area (Å²) in [5, 5.41) is 3.83. The third kappa shape index (κ3) is 5.66. The van der Waals surface area contributed by atoms with Gasteiger partial charge in [-0.25, -0.2) is 15.0 Å². The molecule has 1 aromatic carbocycles. The van der Waals surface area contributed by atoms with Crippen molar-refractivity contribution in [2.75, 3.05) is 31.8 Å². The summed E-state index contributed by atoms with van der Waals surface area (Å²) in [6, 6.07) is 5.03. The Bertz CT molecular complexity index is 1300. The van der Waals surface area contributed by atoms with E-state index in [4.69, 9.17) is 15.2 Å². The maximum Gasteiger partial charge on any atom is 0.416 e. The molecule has 1 saturated heterocycles. The Kier molecular flexibility index (Phi) is 7.11. The average Bonchev–Trinajstić information content (AvgIpc) is 3.07. The van der Waals surface area contributed by atoms with Gasteiger partial charge in [0.1, 0.15) is 24.1 Å². The lowest BCUT2D eigenvalue weighted by Crippen LogP contribution is -2.41. The number of methoxy groups -OCH3 is 1. The number of benzene rings is 1. The largest absolute Gasteiger partial charge is 0.493 e. The topological polar surface area (TPSA) is 98.4 Å². The van der Waals surface area contributed by atoms with Crippen molar-refractivity contribution in [3.05, 3.63) is 41.3 Å². The second kappa shape index (κ2) is 9.85. The smallest absolute Gasteiger partial charge is 0.416 e. The lowest BCUT2D eigenvalue weighted by molar-refractivity contribution is -0.137. The van der Waals surface area contributed by atoms with E-state index in [9.17, 15) is 13.2 Å². The van der Waals surface area contributed by atoms with Crippen molar-refractivity contribution in [1.29, 1.82) is 0 Å². The molecule has 2 aromatic heterocycles. The van der Waals surface area contributed by atoms with Crippen LogP contribution in [0, 0.1) is 6.92 Å². The molecule has 0 bridgehead atoms. The van der Waals surface area contributed by atoms with Gasteiger partial charge in [-0.3, -0.25) is 4.90 Å². The lowest BCUT2D eigenvalue weighted by Gasteiger charge is -2.31. The molecule has 1 aliphatic heterocycles. The maximum atomic E-state index is 13.3. The Labute approximate surface area is 214 Å². The number of likely N-dealkylation sites (tertiary alicyclic amines) is 1. The molecule has 3 aromatic rings. The van der Waals surface area contributed by atoms with Crippen LogP contribution in [0.3, 0.4) is 0 Å². The summed E-state index contributed by atoms with van der Waals surface area (Å²) in [7, 11) is 3.67. The number of hydrogen-bond acceptors (Lipinski definition) is 8. The van der Waals surface area contributed by atoms with Gasteiger partial charge in [-0.2, -0.15) is 13.2 Å². The highest BCUT2D eigenvalue weighted by molar-refractivity contribution is 5.92. The van der Waals surface area contributed by atoms with Crippen molar-refractivity contribution in [2.24, 2.45) is 0 Å². The summed E-state index contributed by atoms with van der Waals surface area (Å²) in [5.41, 5.74) is 5.68. The fourth-order valence-corrected chi connectivity index (χ4v) is 4.64. The third-order valence-corrected chi connectivity index (χ3v) is 7.11. The average molecular weight is 519 g/mol. The summed E-state index contributed by atoms with van der Waals surface area (Å²) in [6.45, 7) is 8.36. The number of likely N-dealkylation sites (N-methyl/N-ethyl adjacent to an activating group) is 1. The number of rotatable bonds is 7. The van der Waals surface area contributed by atoms with Crippen LogP contribution in [-0.4, -0.2) is 52.2 Å². The van der Waals surface area contributed by atoms with Gasteiger partial charge < -0.3 is 20.5 Å². The van der Waals surface area contributed by atoms with E-state index in [-0.39, 0.29) is 23.1 Å². The zero-order valence-corrected chi connectivity index (χ0v) is 21.9. The van der Waals surface area contributed by atoms with E-state index >= 15 is 0 Å². The molecule has 37 heavy (non-hydrogen) atoms. The Hall–Kier alpha value is -3.34. The summed E-state index contributed by atoms with van der Waals surface area (Å²) < 4.78 is 51.7. The van der Waals surface area contributed by atoms with Crippen LogP contribution in [0.2, 0.25) is 0 Å². The molecular weight excluding hydrogens is 485 g/mol. The fourth-order valence-electron chi connectivity index (χ4n) is 4.64. The molecule has 0 amide bonds. The van der Waals surface area contributed by atoms with Gasteiger partial charge in [0, 0.05) is 23.0 Å². The minimum atomic E-state index is -4.53. The van der Waals surface area contributed by atoms with E-state index in [2.05, 4.69) is 46.1 Å². The van der Waals surface area contributed by atoms with E-state index < -0.39 is 17.8 Å². The van der Waals surface area contributed by atoms with Crippen LogP contribution < -0.4 is 20.5 Å². The molecule has 0 saturated carbocycles. The number of hydrogen-bond donors (Lipinski definition) is 2. The van der Waals surface area contributed by atoms with E-state index in [1.54, 1.807) is 33.1 Å². The van der Waals surface area contributed by atoms with Crippen LogP contribution >= 0.6 is 0 Å². The zero-order chi connectivity index (χ0) is 27.1. The SMILES string of the molecule is COc1cc2nc(C)nc(N[C@H](C)c3cc(C(F)(F)F)cc(N)n3)c2cc1OC[C@@H]1CCC(C)(C)N1C. The first-order chi connectivity index (χ1) is 17.3. The molecule has 200 valence electrons. The standard InChI is InChI=1S/C26H33F3N6O2/c1-14(19-9-16(26(27,28)29)10-23(30)34-19)31-24-18-11-22(21(36-6)12-20(18)32-15(2)33-24)37-13-17-7-8-25(3,4)35(17)5/h9-12,14,17H,7-8,13H2,1-6H3,(H2,30,34)(H,31,32,33)/t14-,17+/m1/s1. The van der Waals surface area contributed by atoms with E-state index in [0.717, 1.165) is 25.0 Å². The van der Waals surface area contributed by atoms with Gasteiger partial charge in [0.25, 0.3) is 0 Å². The number of nitrogens with one attached hydrogen (secondary N) is 1. The first kappa shape index (κ1) is 26.7. The number of aromatic nitrogens is 3. The van der Waals surface area contributed by atoms with Crippen molar-refractivity contribution in [2.45, 2.75) is 64.3 Å². The zero-order valence-electron chi connectivity index (χ0n) is 21.9. The van der Waals surface area contributed by atoms with E-state index in [1.807, 2.05) is 0 Å². The second-order valence-electron chi connectivity index (χ2n) is 10.1. The van der Waals surface area contributed by atoms with E-state index in [0.29, 0.717) is 40.7 Å². The monoisotopic (exact) mass is 518 g/mol. The van der Waals surface area contributed by atoms with Crippen molar-refractivity contribution in [1.82, 2.24) is 19.9 Å². The molecule has 0 aliphatic carbocycles. The molecule has 0 unspecified atom stereocenters. The highest BCUT2D eigenvalue weighted by Crippen LogP contribution is 2.38. The number of pyridine rings is 1. The van der Waals surface area contributed by atoms with Gasteiger partial charge in [-0.15, -0.1) is 0 Å². The van der Waals surface area contributed by atoms with Gasteiger partial charge >= 0.3 is 6.18 Å². The number of fused-ring (bicyclic) bond motifs is 1. The molecule has 8 nitrogen and oxygen atoms in total. The highest BCUT2D eigenvalue weighted by Gasteiger charge is 2.37. The normalized spacial score (nSPS) is 18.7. The molecule has 0 radical (unpaired) electrons. The number of nitrogens with two attached hydrogens (primary N) is 1. The number of alkyl halides is 3. The van der Waals surface area contributed by atoms with Gasteiger partial charge in [0.2, 0.25) is 0 Å². The minimum absolute atomic E-state index is 0.112.